The van der Waals surface area contributed by atoms with E-state index in [9.17, 15) is 14.4 Å². The molecule has 0 bridgehead atoms. The fourth-order valence-electron chi connectivity index (χ4n) is 13.4. The highest BCUT2D eigenvalue weighted by molar-refractivity contribution is 7.59. The van der Waals surface area contributed by atoms with Crippen LogP contribution in [-0.4, -0.2) is 192 Å². The zero-order valence-electron chi connectivity index (χ0n) is 52.3. The summed E-state index contributed by atoms with van der Waals surface area (Å²) in [5, 5.41) is 0. The van der Waals surface area contributed by atoms with Gasteiger partial charge in [-0.25, -0.2) is 4.79 Å². The minimum Gasteiger partial charge on any atom is -0.491 e. The second-order valence-corrected chi connectivity index (χ2v) is 26.9. The molecule has 496 valence electrons. The van der Waals surface area contributed by atoms with Crippen molar-refractivity contribution in [3.8, 4) is 11.5 Å². The summed E-state index contributed by atoms with van der Waals surface area (Å²) in [6, 6.07) is 16.3. The van der Waals surface area contributed by atoms with Crippen molar-refractivity contribution >= 4 is 71.9 Å². The van der Waals surface area contributed by atoms with Crippen LogP contribution in [0.2, 0.25) is 0 Å². The Morgan fingerprint density at radius 2 is 0.966 bits per heavy atom. The summed E-state index contributed by atoms with van der Waals surface area (Å²) in [5.74, 6) is 4.01. The van der Waals surface area contributed by atoms with Crippen LogP contribution in [0, 0.1) is 29.1 Å². The third-order valence-corrected chi connectivity index (χ3v) is 20.2. The Morgan fingerprint density at radius 1 is 0.534 bits per heavy atom. The quantitative estimate of drug-likeness (QED) is 0.0546. The first-order valence-electron chi connectivity index (χ1n) is 32.3. The molecule has 4 saturated carbocycles. The van der Waals surface area contributed by atoms with Crippen LogP contribution in [0.25, 0.3) is 0 Å². The lowest BCUT2D eigenvalue weighted by Crippen LogP contribution is -2.48. The molecule has 9 aliphatic heterocycles. The SMILES string of the molecule is CC(C)(C1CCC(OCC2CO2)CC1)C1CCC(OCC2CO2)CC1.CCC1(C)C(=O)N(CC2CO2)C(=O)N1CC1CO1.O=C(OCC1CCC2OC2C1)C1CCC2OC2C1.S.S.S.S.c1cc(OCC2CO2)ccc1Cc1ccc(OCC2CO2)cc1. The van der Waals surface area contributed by atoms with E-state index in [0.29, 0.717) is 125 Å². The van der Waals surface area contributed by atoms with Crippen molar-refractivity contribution in [1.82, 2.24) is 9.80 Å². The van der Waals surface area contributed by atoms with E-state index in [4.69, 9.17) is 61.6 Å². The number of urea groups is 1. The summed E-state index contributed by atoms with van der Waals surface area (Å²) in [7, 11) is 0. The molecule has 15 rings (SSSR count). The lowest BCUT2D eigenvalue weighted by molar-refractivity contribution is -0.151. The first-order chi connectivity index (χ1) is 40.8. The van der Waals surface area contributed by atoms with Crippen LogP contribution >= 0.6 is 54.0 Å². The summed E-state index contributed by atoms with van der Waals surface area (Å²) in [6.07, 6.45) is 22.3. The van der Waals surface area contributed by atoms with E-state index in [2.05, 4.69) is 38.1 Å². The second kappa shape index (κ2) is 32.5. The summed E-state index contributed by atoms with van der Waals surface area (Å²) in [4.78, 5) is 39.7. The Balaban J connectivity index is 0.000000151. The van der Waals surface area contributed by atoms with Crippen LogP contribution in [0.1, 0.15) is 135 Å². The fraction of sp³-hybridized carbons (Fsp3) is 0.773. The van der Waals surface area contributed by atoms with Crippen LogP contribution in [-0.2, 0) is 68.1 Å². The van der Waals surface area contributed by atoms with Crippen molar-refractivity contribution < 1.29 is 76.0 Å². The minimum atomic E-state index is -0.724. The van der Waals surface area contributed by atoms with Crippen molar-refractivity contribution in [2.24, 2.45) is 29.1 Å². The number of esters is 1. The smallest absolute Gasteiger partial charge is 0.327 e. The molecular formula is C66H102N2O16S4. The first-order valence-corrected chi connectivity index (χ1v) is 32.3. The van der Waals surface area contributed by atoms with Gasteiger partial charge in [0.15, 0.2) is 0 Å². The van der Waals surface area contributed by atoms with Crippen LogP contribution in [0.4, 0.5) is 4.79 Å². The van der Waals surface area contributed by atoms with Gasteiger partial charge in [0, 0.05) is 0 Å². The zero-order valence-corrected chi connectivity index (χ0v) is 56.3. The number of carbonyl (C=O) groups is 3. The lowest BCUT2D eigenvalue weighted by Gasteiger charge is -2.46. The van der Waals surface area contributed by atoms with Gasteiger partial charge >= 0.3 is 12.0 Å². The molecule has 0 N–H and O–H groups in total. The maximum atomic E-state index is 12.4. The van der Waals surface area contributed by atoms with E-state index in [0.717, 1.165) is 108 Å². The monoisotopic (exact) mass is 1310 g/mol. The largest absolute Gasteiger partial charge is 0.491 e. The third kappa shape index (κ3) is 20.7. The van der Waals surface area contributed by atoms with Gasteiger partial charge in [0.1, 0.15) is 54.7 Å². The van der Waals surface area contributed by atoms with Crippen molar-refractivity contribution in [2.45, 2.75) is 209 Å². The van der Waals surface area contributed by atoms with Gasteiger partial charge < -0.3 is 66.5 Å². The Labute approximate surface area is 549 Å². The molecule has 9 heterocycles. The number of fused-ring (bicyclic) bond motifs is 2. The standard InChI is InChI=1S/C21H36O4.C19H20O4.C14H20O4.C12H18N2O4.4H2S/c1-21(2,15-3-7-17(8-4-15)22-11-19-13-24-19)16-5-9-18(10-6-16)23-12-20-14-25-20;1-5-16(20-10-18-12-22-18)6-2-14(1)9-15-3-7-17(8-4-15)21-11-19-13-23-19;15-14(9-2-4-11-13(6-9)18-11)16-7-8-1-3-10-12(5-8)17-10;1-3-12(2)10(15)13(4-8-6-17-8)11(16)14(12)5-9-7-18-9;;;;/h15-20H,3-14H2,1-2H3;1-8,18-19H,9-13H2;8-13H,1-7H2;8-9H,3-7H2,1-2H3;4*1H2. The van der Waals surface area contributed by atoms with E-state index in [1.807, 2.05) is 38.1 Å². The molecule has 13 fully saturated rings. The summed E-state index contributed by atoms with van der Waals surface area (Å²) in [6.45, 7) is 18.0. The molecule has 0 radical (unpaired) electrons. The number of hydrogen-bond acceptors (Lipinski definition) is 16. The van der Waals surface area contributed by atoms with Crippen molar-refractivity contribution in [1.29, 1.82) is 0 Å². The molecule has 88 heavy (non-hydrogen) atoms. The summed E-state index contributed by atoms with van der Waals surface area (Å²) >= 11 is 0. The molecule has 2 aromatic rings. The number of amides is 3. The molecular weight excluding hydrogens is 1200 g/mol. The number of rotatable bonds is 24. The Bertz CT molecular complexity index is 2390. The highest BCUT2D eigenvalue weighted by Gasteiger charge is 2.55. The summed E-state index contributed by atoms with van der Waals surface area (Å²) in [5.41, 5.74) is 2.26. The van der Waals surface area contributed by atoms with E-state index in [1.54, 1.807) is 4.90 Å². The average molecular weight is 1310 g/mol. The van der Waals surface area contributed by atoms with Crippen LogP contribution < -0.4 is 9.47 Å². The topological polar surface area (TPSA) is 204 Å². The average Bonchev–Trinajstić information content (AvgIpc) is 1.70. The Hall–Kier alpha value is -2.55. The van der Waals surface area contributed by atoms with Crippen molar-refractivity contribution in [2.75, 3.05) is 85.8 Å². The molecule has 13 atom stereocenters. The molecule has 18 nitrogen and oxygen atoms in total. The minimum absolute atomic E-state index is 0. The van der Waals surface area contributed by atoms with Gasteiger partial charge in [-0.3, -0.25) is 14.5 Å². The second-order valence-electron chi connectivity index (χ2n) is 26.9. The van der Waals surface area contributed by atoms with Gasteiger partial charge in [0.2, 0.25) is 0 Å². The lowest BCUT2D eigenvalue weighted by atomic mass is 9.60. The number of imide groups is 1. The van der Waals surface area contributed by atoms with Gasteiger partial charge in [-0.15, -0.1) is 0 Å². The molecule has 9 saturated heterocycles. The molecule has 2 aromatic carbocycles. The molecule has 0 aromatic heterocycles. The molecule has 4 aliphatic carbocycles. The third-order valence-electron chi connectivity index (χ3n) is 20.2. The zero-order chi connectivity index (χ0) is 57.8. The number of nitrogens with zero attached hydrogens (tertiary/aromatic N) is 2. The number of benzene rings is 2. The molecule has 13 aliphatic rings. The van der Waals surface area contributed by atoms with Gasteiger partial charge in [-0.05, 0) is 168 Å². The Kier molecular flexibility index (Phi) is 26.4. The number of epoxide rings is 8. The molecule has 3 amide bonds. The van der Waals surface area contributed by atoms with Gasteiger partial charge in [0.05, 0.1) is 127 Å². The number of ether oxygens (including phenoxy) is 13. The fourth-order valence-corrected chi connectivity index (χ4v) is 13.4. The number of hydrogen-bond donors (Lipinski definition) is 0. The molecule has 0 spiro atoms. The predicted molar refractivity (Wildman–Crippen MR) is 349 cm³/mol. The van der Waals surface area contributed by atoms with Gasteiger partial charge in [-0.2, -0.15) is 54.0 Å². The van der Waals surface area contributed by atoms with Gasteiger partial charge in [-0.1, -0.05) is 45.0 Å². The van der Waals surface area contributed by atoms with E-state index >= 15 is 0 Å². The molecule has 13 unspecified atom stereocenters. The van der Waals surface area contributed by atoms with Crippen molar-refractivity contribution in [3.05, 3.63) is 59.7 Å². The van der Waals surface area contributed by atoms with Crippen LogP contribution in [0.5, 0.6) is 11.5 Å². The van der Waals surface area contributed by atoms with E-state index < -0.39 is 5.54 Å². The van der Waals surface area contributed by atoms with Crippen LogP contribution in [0.3, 0.4) is 0 Å². The molecule has 22 heteroatoms. The highest BCUT2D eigenvalue weighted by Crippen LogP contribution is 2.49. The highest BCUT2D eigenvalue weighted by atomic mass is 32.1. The van der Waals surface area contributed by atoms with Crippen molar-refractivity contribution in [3.63, 3.8) is 0 Å². The number of carbonyl (C=O) groups excluding carboxylic acids is 3. The first kappa shape index (κ1) is 71.3. The maximum Gasteiger partial charge on any atom is 0.327 e. The van der Waals surface area contributed by atoms with Gasteiger partial charge in [0.25, 0.3) is 5.91 Å². The van der Waals surface area contributed by atoms with E-state index in [-0.39, 0.29) is 90.0 Å². The van der Waals surface area contributed by atoms with Crippen LogP contribution in [0.15, 0.2) is 48.5 Å². The summed E-state index contributed by atoms with van der Waals surface area (Å²) < 4.78 is 70.9. The van der Waals surface area contributed by atoms with E-state index in [1.165, 1.54) is 67.4 Å². The maximum absolute atomic E-state index is 12.4. The normalized spacial score (nSPS) is 35.4. The Morgan fingerprint density at radius 3 is 1.40 bits per heavy atom. The predicted octanol–water partition coefficient (Wildman–Crippen LogP) is 9.13.